The number of ether oxygens (including phenoxy) is 1. The molecule has 0 aliphatic rings. The van der Waals surface area contributed by atoms with Gasteiger partial charge in [-0.3, -0.25) is 10.1 Å². The molecule has 1 rings (SSSR count). The van der Waals surface area contributed by atoms with Gasteiger partial charge in [-0.1, -0.05) is 0 Å². The number of nitrogens with one attached hydrogen (secondary N) is 1. The first kappa shape index (κ1) is 9.77. The Morgan fingerprint density at radius 1 is 1.69 bits per heavy atom. The van der Waals surface area contributed by atoms with Gasteiger partial charge in [-0.25, -0.2) is 0 Å². The lowest BCUT2D eigenvalue weighted by molar-refractivity contribution is 0.325. The Bertz CT molecular complexity index is 291. The molecule has 0 aliphatic heterocycles. The third-order valence-electron chi connectivity index (χ3n) is 1.68. The standard InChI is InChI=1S/C9H15N3O/c1-4-13-9(10)8-5-11-12(6-8)7(2)3/h5-7,10H,4H2,1-3H3. The second-order valence-corrected chi connectivity index (χ2v) is 3.06. The Morgan fingerprint density at radius 3 is 2.85 bits per heavy atom. The molecule has 72 valence electrons. The zero-order valence-corrected chi connectivity index (χ0v) is 8.24. The van der Waals surface area contributed by atoms with Crippen LogP contribution in [0.1, 0.15) is 32.4 Å². The first-order chi connectivity index (χ1) is 6.15. The lowest BCUT2D eigenvalue weighted by Crippen LogP contribution is -2.04. The van der Waals surface area contributed by atoms with E-state index in [1.54, 1.807) is 6.20 Å². The summed E-state index contributed by atoms with van der Waals surface area (Å²) in [6.07, 6.45) is 3.47. The maximum atomic E-state index is 7.51. The van der Waals surface area contributed by atoms with Crippen LogP contribution >= 0.6 is 0 Å². The van der Waals surface area contributed by atoms with E-state index in [4.69, 9.17) is 10.1 Å². The molecule has 0 amide bonds. The summed E-state index contributed by atoms with van der Waals surface area (Å²) in [5.41, 5.74) is 0.732. The molecule has 4 heteroatoms. The number of hydrogen-bond donors (Lipinski definition) is 1. The van der Waals surface area contributed by atoms with Crippen LogP contribution in [-0.4, -0.2) is 22.3 Å². The fraction of sp³-hybridized carbons (Fsp3) is 0.556. The second-order valence-electron chi connectivity index (χ2n) is 3.06. The minimum absolute atomic E-state index is 0.189. The van der Waals surface area contributed by atoms with Crippen molar-refractivity contribution in [2.45, 2.75) is 26.8 Å². The Balaban J connectivity index is 2.73. The van der Waals surface area contributed by atoms with E-state index >= 15 is 0 Å². The summed E-state index contributed by atoms with van der Waals surface area (Å²) in [6.45, 7) is 6.47. The van der Waals surface area contributed by atoms with Crippen LogP contribution in [0.15, 0.2) is 12.4 Å². The largest absolute Gasteiger partial charge is 0.478 e. The van der Waals surface area contributed by atoms with Gasteiger partial charge in [0.1, 0.15) is 0 Å². The third kappa shape index (κ3) is 2.31. The van der Waals surface area contributed by atoms with E-state index in [0.29, 0.717) is 12.6 Å². The number of aromatic nitrogens is 2. The van der Waals surface area contributed by atoms with Crippen LogP contribution in [0.5, 0.6) is 0 Å². The SMILES string of the molecule is CCOC(=N)c1cnn(C(C)C)c1. The lowest BCUT2D eigenvalue weighted by atomic mass is 10.3. The third-order valence-corrected chi connectivity index (χ3v) is 1.68. The molecule has 13 heavy (non-hydrogen) atoms. The highest BCUT2D eigenvalue weighted by Gasteiger charge is 2.06. The number of hydrogen-bond acceptors (Lipinski definition) is 3. The molecule has 0 saturated heterocycles. The van der Waals surface area contributed by atoms with Crippen LogP contribution in [0, 0.1) is 5.41 Å². The van der Waals surface area contributed by atoms with Crippen molar-refractivity contribution in [2.75, 3.05) is 6.61 Å². The van der Waals surface area contributed by atoms with Crippen molar-refractivity contribution in [2.24, 2.45) is 0 Å². The predicted molar refractivity (Wildman–Crippen MR) is 51.1 cm³/mol. The average Bonchev–Trinajstić information content (AvgIpc) is 2.52. The van der Waals surface area contributed by atoms with E-state index < -0.39 is 0 Å². The smallest absolute Gasteiger partial charge is 0.216 e. The Morgan fingerprint density at radius 2 is 2.38 bits per heavy atom. The molecule has 0 spiro atoms. The topological polar surface area (TPSA) is 50.9 Å². The summed E-state index contributed by atoms with van der Waals surface area (Å²) >= 11 is 0. The van der Waals surface area contributed by atoms with Gasteiger partial charge in [0, 0.05) is 12.2 Å². The molecule has 0 aromatic carbocycles. The zero-order chi connectivity index (χ0) is 9.84. The van der Waals surface area contributed by atoms with E-state index in [1.165, 1.54) is 0 Å². The normalized spacial score (nSPS) is 10.5. The van der Waals surface area contributed by atoms with Gasteiger partial charge >= 0.3 is 0 Å². The van der Waals surface area contributed by atoms with Gasteiger partial charge in [0.15, 0.2) is 0 Å². The lowest BCUT2D eigenvalue weighted by Gasteiger charge is -2.03. The van der Waals surface area contributed by atoms with Crippen molar-refractivity contribution < 1.29 is 4.74 Å². The van der Waals surface area contributed by atoms with Crippen LogP contribution in [0.4, 0.5) is 0 Å². The highest BCUT2D eigenvalue weighted by atomic mass is 16.5. The zero-order valence-electron chi connectivity index (χ0n) is 8.24. The summed E-state index contributed by atoms with van der Waals surface area (Å²) in [5, 5.41) is 11.6. The summed E-state index contributed by atoms with van der Waals surface area (Å²) in [5.74, 6) is 0.189. The molecule has 0 unspecified atom stereocenters. The summed E-state index contributed by atoms with van der Waals surface area (Å²) in [7, 11) is 0. The molecule has 0 radical (unpaired) electrons. The minimum Gasteiger partial charge on any atom is -0.478 e. The van der Waals surface area contributed by atoms with Gasteiger partial charge in [-0.15, -0.1) is 0 Å². The van der Waals surface area contributed by atoms with Crippen molar-refractivity contribution in [3.8, 4) is 0 Å². The maximum absolute atomic E-state index is 7.51. The van der Waals surface area contributed by atoms with Crippen molar-refractivity contribution in [1.29, 1.82) is 5.41 Å². The molecule has 1 N–H and O–H groups in total. The average molecular weight is 181 g/mol. The van der Waals surface area contributed by atoms with Crippen molar-refractivity contribution in [3.63, 3.8) is 0 Å². The Labute approximate surface area is 78.0 Å². The summed E-state index contributed by atoms with van der Waals surface area (Å²) < 4.78 is 6.86. The molecular weight excluding hydrogens is 166 g/mol. The van der Waals surface area contributed by atoms with Crippen LogP contribution < -0.4 is 0 Å². The molecule has 0 saturated carbocycles. The molecule has 1 aromatic heterocycles. The van der Waals surface area contributed by atoms with Gasteiger partial charge in [0.2, 0.25) is 5.90 Å². The number of rotatable bonds is 3. The second kappa shape index (κ2) is 4.07. The van der Waals surface area contributed by atoms with Crippen LogP contribution in [0.2, 0.25) is 0 Å². The first-order valence-electron chi connectivity index (χ1n) is 4.41. The molecule has 1 heterocycles. The molecule has 0 aliphatic carbocycles. The fourth-order valence-electron chi connectivity index (χ4n) is 0.965. The van der Waals surface area contributed by atoms with E-state index in [9.17, 15) is 0 Å². The molecule has 0 atom stereocenters. The molecule has 1 aromatic rings. The van der Waals surface area contributed by atoms with Crippen molar-refractivity contribution in [1.82, 2.24) is 9.78 Å². The molecule has 4 nitrogen and oxygen atoms in total. The Hall–Kier alpha value is -1.32. The summed E-state index contributed by atoms with van der Waals surface area (Å²) in [4.78, 5) is 0. The van der Waals surface area contributed by atoms with Gasteiger partial charge in [0.25, 0.3) is 0 Å². The molecule has 0 fully saturated rings. The van der Waals surface area contributed by atoms with Crippen LogP contribution in [0.25, 0.3) is 0 Å². The first-order valence-corrected chi connectivity index (χ1v) is 4.41. The molecular formula is C9H15N3O. The quantitative estimate of drug-likeness (QED) is 0.571. The maximum Gasteiger partial charge on any atom is 0.216 e. The van der Waals surface area contributed by atoms with E-state index in [-0.39, 0.29) is 5.90 Å². The van der Waals surface area contributed by atoms with Gasteiger partial charge in [0.05, 0.1) is 18.4 Å². The highest BCUT2D eigenvalue weighted by molar-refractivity contribution is 5.90. The van der Waals surface area contributed by atoms with Crippen molar-refractivity contribution in [3.05, 3.63) is 18.0 Å². The van der Waals surface area contributed by atoms with E-state index in [1.807, 2.05) is 31.6 Å². The van der Waals surface area contributed by atoms with Gasteiger partial charge in [-0.05, 0) is 20.8 Å². The van der Waals surface area contributed by atoms with Gasteiger partial charge < -0.3 is 4.74 Å². The van der Waals surface area contributed by atoms with E-state index in [0.717, 1.165) is 5.56 Å². The van der Waals surface area contributed by atoms with Crippen LogP contribution in [-0.2, 0) is 4.74 Å². The molecule has 0 bridgehead atoms. The highest BCUT2D eigenvalue weighted by Crippen LogP contribution is 2.06. The summed E-state index contributed by atoms with van der Waals surface area (Å²) in [6, 6.07) is 0.322. The number of nitrogens with zero attached hydrogens (tertiary/aromatic N) is 2. The van der Waals surface area contributed by atoms with E-state index in [2.05, 4.69) is 5.10 Å². The predicted octanol–water partition coefficient (Wildman–Crippen LogP) is 1.83. The minimum atomic E-state index is 0.189. The van der Waals surface area contributed by atoms with Crippen LogP contribution in [0.3, 0.4) is 0 Å². The van der Waals surface area contributed by atoms with Gasteiger partial charge in [-0.2, -0.15) is 5.10 Å². The van der Waals surface area contributed by atoms with Crippen molar-refractivity contribution >= 4 is 5.90 Å². The fourth-order valence-corrected chi connectivity index (χ4v) is 0.965. The Kier molecular flexibility index (Phi) is 3.06. The monoisotopic (exact) mass is 181 g/mol.